The fraction of sp³-hybridized carbons (Fsp3) is 0.615. The molecule has 1 aromatic heterocycles. The molecule has 2 heterocycles. The number of pyridine rings is 1. The topological polar surface area (TPSA) is 62.3 Å². The zero-order valence-corrected chi connectivity index (χ0v) is 13.5. The summed E-state index contributed by atoms with van der Waals surface area (Å²) in [4.78, 5) is 6.17. The molecule has 1 aromatic rings. The lowest BCUT2D eigenvalue weighted by Gasteiger charge is -2.36. The molecular formula is C13H21N3O2S2. The number of hydrogen-bond acceptors (Lipinski definition) is 6. The summed E-state index contributed by atoms with van der Waals surface area (Å²) in [6, 6.07) is 1.96. The van der Waals surface area contributed by atoms with E-state index in [9.17, 15) is 8.42 Å². The molecule has 20 heavy (non-hydrogen) atoms. The van der Waals surface area contributed by atoms with Crippen LogP contribution in [-0.2, 0) is 16.4 Å². The van der Waals surface area contributed by atoms with Gasteiger partial charge in [-0.3, -0.25) is 4.98 Å². The van der Waals surface area contributed by atoms with Crippen molar-refractivity contribution >= 4 is 27.3 Å². The average Bonchev–Trinajstić information content (AvgIpc) is 2.44. The Morgan fingerprint density at radius 1 is 1.55 bits per heavy atom. The van der Waals surface area contributed by atoms with Crippen LogP contribution in [0.4, 0.5) is 5.69 Å². The Hall–Kier alpha value is -0.790. The van der Waals surface area contributed by atoms with E-state index < -0.39 is 15.2 Å². The normalized spacial score (nSPS) is 20.1. The predicted molar refractivity (Wildman–Crippen MR) is 84.9 cm³/mol. The van der Waals surface area contributed by atoms with E-state index in [1.165, 1.54) is 6.26 Å². The Labute approximate surface area is 125 Å². The van der Waals surface area contributed by atoms with Gasteiger partial charge in [-0.05, 0) is 18.2 Å². The highest BCUT2D eigenvalue weighted by atomic mass is 32.2. The van der Waals surface area contributed by atoms with Crippen LogP contribution in [0.5, 0.6) is 0 Å². The fourth-order valence-corrected chi connectivity index (χ4v) is 5.13. The average molecular weight is 315 g/mol. The van der Waals surface area contributed by atoms with Crippen LogP contribution in [-0.4, -0.2) is 49.6 Å². The van der Waals surface area contributed by atoms with E-state index in [2.05, 4.69) is 17.2 Å². The Bertz CT molecular complexity index is 548. The van der Waals surface area contributed by atoms with Gasteiger partial charge in [-0.25, -0.2) is 8.42 Å². The third-order valence-corrected chi connectivity index (χ3v) is 5.98. The molecule has 1 saturated heterocycles. The molecule has 0 aromatic carbocycles. The number of anilines is 1. The molecule has 0 saturated carbocycles. The minimum atomic E-state index is -3.10. The molecule has 1 aliphatic heterocycles. The number of aromatic nitrogens is 1. The molecule has 1 N–H and O–H groups in total. The third kappa shape index (κ3) is 3.65. The Balaban J connectivity index is 2.32. The van der Waals surface area contributed by atoms with Crippen molar-refractivity contribution in [3.05, 3.63) is 24.0 Å². The van der Waals surface area contributed by atoms with E-state index in [1.54, 1.807) is 24.2 Å². The highest BCUT2D eigenvalue weighted by Gasteiger charge is 2.32. The van der Waals surface area contributed by atoms with Crippen molar-refractivity contribution < 1.29 is 8.42 Å². The molecule has 1 atom stereocenters. The monoisotopic (exact) mass is 315 g/mol. The lowest BCUT2D eigenvalue weighted by Crippen LogP contribution is -2.47. The Kier molecular flexibility index (Phi) is 5.29. The van der Waals surface area contributed by atoms with Crippen molar-refractivity contribution in [1.29, 1.82) is 0 Å². The number of nitrogens with one attached hydrogen (secondary N) is 1. The molecule has 0 aliphatic carbocycles. The summed E-state index contributed by atoms with van der Waals surface area (Å²) in [5.74, 6) is 1.57. The van der Waals surface area contributed by atoms with Crippen molar-refractivity contribution in [3.8, 4) is 0 Å². The van der Waals surface area contributed by atoms with Gasteiger partial charge in [0, 0.05) is 37.0 Å². The first-order valence-electron chi connectivity index (χ1n) is 6.71. The maximum absolute atomic E-state index is 12.0. The maximum atomic E-state index is 12.0. The zero-order valence-electron chi connectivity index (χ0n) is 11.9. The summed E-state index contributed by atoms with van der Waals surface area (Å²) < 4.78 is 24.0. The minimum absolute atomic E-state index is 0.453. The fourth-order valence-electron chi connectivity index (χ4n) is 2.29. The second-order valence-electron chi connectivity index (χ2n) is 4.84. The van der Waals surface area contributed by atoms with Crippen LogP contribution < -0.4 is 10.2 Å². The third-order valence-electron chi connectivity index (χ3n) is 3.34. The largest absolute Gasteiger partial charge is 0.352 e. The maximum Gasteiger partial charge on any atom is 0.169 e. The van der Waals surface area contributed by atoms with Gasteiger partial charge in [0.05, 0.1) is 11.9 Å². The number of sulfone groups is 1. The van der Waals surface area contributed by atoms with Gasteiger partial charge in [-0.15, -0.1) is 0 Å². The van der Waals surface area contributed by atoms with Gasteiger partial charge in [0.2, 0.25) is 0 Å². The van der Waals surface area contributed by atoms with Crippen molar-refractivity contribution in [3.63, 3.8) is 0 Å². The second-order valence-corrected chi connectivity index (χ2v) is 8.19. The summed E-state index contributed by atoms with van der Waals surface area (Å²) in [6.45, 7) is 4.41. The lowest BCUT2D eigenvalue weighted by atomic mass is 10.2. The molecule has 0 amide bonds. The number of nitrogens with zero attached hydrogens (tertiary/aromatic N) is 2. The minimum Gasteiger partial charge on any atom is -0.352 e. The van der Waals surface area contributed by atoms with Gasteiger partial charge in [0.1, 0.15) is 5.37 Å². The highest BCUT2D eigenvalue weighted by Crippen LogP contribution is 2.28. The van der Waals surface area contributed by atoms with Crippen molar-refractivity contribution in [2.24, 2.45) is 0 Å². The molecule has 1 aliphatic rings. The van der Waals surface area contributed by atoms with Gasteiger partial charge in [0.25, 0.3) is 0 Å². The van der Waals surface area contributed by atoms with E-state index in [0.717, 1.165) is 36.6 Å². The van der Waals surface area contributed by atoms with Crippen LogP contribution >= 0.6 is 11.8 Å². The van der Waals surface area contributed by atoms with Crippen molar-refractivity contribution in [2.45, 2.75) is 18.8 Å². The van der Waals surface area contributed by atoms with Crippen molar-refractivity contribution in [2.75, 3.05) is 35.8 Å². The zero-order chi connectivity index (χ0) is 14.6. The van der Waals surface area contributed by atoms with Crippen LogP contribution in [0.25, 0.3) is 0 Å². The molecule has 0 bridgehead atoms. The van der Waals surface area contributed by atoms with E-state index in [1.807, 2.05) is 11.0 Å². The smallest absolute Gasteiger partial charge is 0.169 e. The SMILES string of the molecule is CCNCc1ccncc1N1CCSCC1S(C)(=O)=O. The summed E-state index contributed by atoms with van der Waals surface area (Å²) in [5, 5.41) is 2.84. The predicted octanol–water partition coefficient (Wildman–Crippen LogP) is 1.12. The quantitative estimate of drug-likeness (QED) is 0.878. The molecule has 0 spiro atoms. The summed E-state index contributed by atoms with van der Waals surface area (Å²) in [5.41, 5.74) is 2.03. The van der Waals surface area contributed by atoms with Gasteiger partial charge >= 0.3 is 0 Å². The lowest BCUT2D eigenvalue weighted by molar-refractivity contribution is 0.584. The van der Waals surface area contributed by atoms with E-state index in [4.69, 9.17) is 0 Å². The number of rotatable bonds is 5. The first kappa shape index (κ1) is 15.6. The standard InChI is InChI=1S/C13H21N3O2S2/c1-3-14-8-11-4-5-15-9-12(11)16-6-7-19-10-13(16)20(2,17)18/h4-5,9,13-14H,3,6-8,10H2,1-2H3. The van der Waals surface area contributed by atoms with Crippen LogP contribution in [0, 0.1) is 0 Å². The van der Waals surface area contributed by atoms with Crippen LogP contribution in [0.1, 0.15) is 12.5 Å². The molecule has 112 valence electrons. The second kappa shape index (κ2) is 6.78. The Morgan fingerprint density at radius 2 is 2.35 bits per heavy atom. The van der Waals surface area contributed by atoms with Gasteiger partial charge in [-0.1, -0.05) is 6.92 Å². The van der Waals surface area contributed by atoms with Crippen molar-refractivity contribution in [1.82, 2.24) is 10.3 Å². The number of thioether (sulfide) groups is 1. The molecule has 7 heteroatoms. The van der Waals surface area contributed by atoms with E-state index in [-0.39, 0.29) is 0 Å². The summed E-state index contributed by atoms with van der Waals surface area (Å²) in [6.07, 6.45) is 4.85. The van der Waals surface area contributed by atoms with Gasteiger partial charge < -0.3 is 10.2 Å². The molecule has 2 rings (SSSR count). The molecule has 1 unspecified atom stereocenters. The van der Waals surface area contributed by atoms with E-state index in [0.29, 0.717) is 5.75 Å². The van der Waals surface area contributed by atoms with Gasteiger partial charge in [0.15, 0.2) is 9.84 Å². The Morgan fingerprint density at radius 3 is 3.05 bits per heavy atom. The molecule has 1 fully saturated rings. The van der Waals surface area contributed by atoms with E-state index >= 15 is 0 Å². The highest BCUT2D eigenvalue weighted by molar-refractivity contribution is 8.01. The first-order chi connectivity index (χ1) is 9.54. The molecule has 0 radical (unpaired) electrons. The van der Waals surface area contributed by atoms with Crippen LogP contribution in [0.3, 0.4) is 0 Å². The molecule has 5 nitrogen and oxygen atoms in total. The first-order valence-corrected chi connectivity index (χ1v) is 9.82. The van der Waals surface area contributed by atoms with Gasteiger partial charge in [-0.2, -0.15) is 11.8 Å². The van der Waals surface area contributed by atoms with Crippen LogP contribution in [0.2, 0.25) is 0 Å². The molecular weight excluding hydrogens is 294 g/mol. The summed E-state index contributed by atoms with van der Waals surface area (Å²) in [7, 11) is -3.10. The number of hydrogen-bond donors (Lipinski definition) is 1. The summed E-state index contributed by atoms with van der Waals surface area (Å²) >= 11 is 1.70. The van der Waals surface area contributed by atoms with Crippen LogP contribution in [0.15, 0.2) is 18.5 Å².